The molecule has 0 aromatic heterocycles. The molecule has 0 radical (unpaired) electrons. The lowest BCUT2D eigenvalue weighted by molar-refractivity contribution is 0.171. The molecule has 4 nitrogen and oxygen atoms in total. The predicted octanol–water partition coefficient (Wildman–Crippen LogP) is 2.96. The molecule has 0 aliphatic heterocycles. The Morgan fingerprint density at radius 2 is 1.88 bits per heavy atom. The number of halogens is 1. The molecule has 0 spiro atoms. The van der Waals surface area contributed by atoms with Crippen LogP contribution < -0.4 is 5.32 Å². The highest BCUT2D eigenvalue weighted by Gasteiger charge is 2.16. The number of aliphatic hydroxyl groups excluding tert-OH is 1. The van der Waals surface area contributed by atoms with Crippen molar-refractivity contribution in [2.75, 3.05) is 13.2 Å². The van der Waals surface area contributed by atoms with Crippen molar-refractivity contribution in [1.29, 1.82) is 0 Å². The van der Waals surface area contributed by atoms with Crippen LogP contribution in [-0.4, -0.2) is 35.2 Å². The second-order valence-electron chi connectivity index (χ2n) is 5.82. The Bertz CT molecular complexity index is 649. The van der Waals surface area contributed by atoms with Crippen molar-refractivity contribution in [3.63, 3.8) is 0 Å². The van der Waals surface area contributed by atoms with Crippen LogP contribution >= 0.6 is 0 Å². The lowest BCUT2D eigenvalue weighted by atomic mass is 10.1. The number of benzene rings is 2. The normalized spacial score (nSPS) is 11.8. The first-order chi connectivity index (χ1) is 11.6. The molecule has 0 saturated carbocycles. The molecule has 2 amide bonds. The Hall–Kier alpha value is -2.40. The molecule has 0 aliphatic carbocycles. The quantitative estimate of drug-likeness (QED) is 0.820. The number of nitrogens with zero attached hydrogens (tertiary/aromatic N) is 1. The van der Waals surface area contributed by atoms with E-state index >= 15 is 0 Å². The van der Waals surface area contributed by atoms with Crippen LogP contribution in [0.2, 0.25) is 0 Å². The maximum atomic E-state index is 13.2. The third kappa shape index (κ3) is 5.66. The largest absolute Gasteiger partial charge is 0.395 e. The van der Waals surface area contributed by atoms with Crippen LogP contribution in [0.5, 0.6) is 0 Å². The van der Waals surface area contributed by atoms with E-state index in [2.05, 4.69) is 5.32 Å². The molecule has 2 aromatic rings. The van der Waals surface area contributed by atoms with Gasteiger partial charge in [-0.1, -0.05) is 42.5 Å². The number of carbonyl (C=O) groups is 1. The van der Waals surface area contributed by atoms with Gasteiger partial charge in [0.15, 0.2) is 0 Å². The molecular weight excluding hydrogens is 307 g/mol. The lowest BCUT2D eigenvalue weighted by Crippen LogP contribution is -2.45. The minimum Gasteiger partial charge on any atom is -0.395 e. The summed E-state index contributed by atoms with van der Waals surface area (Å²) in [5.74, 6) is -0.281. The van der Waals surface area contributed by atoms with E-state index in [-0.39, 0.29) is 31.0 Å². The minimum absolute atomic E-state index is 0.0987. The Morgan fingerprint density at radius 1 is 1.17 bits per heavy atom. The van der Waals surface area contributed by atoms with Crippen molar-refractivity contribution in [1.82, 2.24) is 10.2 Å². The van der Waals surface area contributed by atoms with Gasteiger partial charge in [-0.05, 0) is 36.6 Å². The minimum atomic E-state index is -0.281. The first kappa shape index (κ1) is 17.9. The average molecular weight is 330 g/mol. The first-order valence-electron chi connectivity index (χ1n) is 8.03. The standard InChI is InChI=1S/C19H23FN2O2/c1-15(12-17-8-5-9-18(20)13-17)21-19(24)22(10-11-23)14-16-6-3-2-4-7-16/h2-9,13,15,23H,10-12,14H2,1H3,(H,21,24). The number of aliphatic hydroxyl groups is 1. The fourth-order valence-corrected chi connectivity index (χ4v) is 2.55. The van der Waals surface area contributed by atoms with Gasteiger partial charge in [0.25, 0.3) is 0 Å². The Labute approximate surface area is 141 Å². The van der Waals surface area contributed by atoms with Crippen molar-refractivity contribution in [2.24, 2.45) is 0 Å². The summed E-state index contributed by atoms with van der Waals surface area (Å²) in [6, 6.07) is 15.6. The summed E-state index contributed by atoms with van der Waals surface area (Å²) >= 11 is 0. The average Bonchev–Trinajstić information content (AvgIpc) is 2.55. The molecule has 0 fully saturated rings. The monoisotopic (exact) mass is 330 g/mol. The SMILES string of the molecule is CC(Cc1cccc(F)c1)NC(=O)N(CCO)Cc1ccccc1. The van der Waals surface area contributed by atoms with E-state index in [0.717, 1.165) is 11.1 Å². The maximum Gasteiger partial charge on any atom is 0.317 e. The van der Waals surface area contributed by atoms with E-state index in [9.17, 15) is 14.3 Å². The molecule has 2 N–H and O–H groups in total. The molecule has 1 unspecified atom stereocenters. The van der Waals surface area contributed by atoms with Gasteiger partial charge < -0.3 is 15.3 Å². The van der Waals surface area contributed by atoms with Crippen LogP contribution in [0.1, 0.15) is 18.1 Å². The van der Waals surface area contributed by atoms with E-state index < -0.39 is 0 Å². The second-order valence-corrected chi connectivity index (χ2v) is 5.82. The van der Waals surface area contributed by atoms with Gasteiger partial charge in [0, 0.05) is 19.1 Å². The molecule has 128 valence electrons. The number of carbonyl (C=O) groups excluding carboxylic acids is 1. The second kappa shape index (κ2) is 9.03. The fraction of sp³-hybridized carbons (Fsp3) is 0.316. The molecule has 24 heavy (non-hydrogen) atoms. The van der Waals surface area contributed by atoms with Gasteiger partial charge in [-0.2, -0.15) is 0 Å². The van der Waals surface area contributed by atoms with Gasteiger partial charge in [-0.25, -0.2) is 9.18 Å². The Kier molecular flexibility index (Phi) is 6.75. The zero-order valence-electron chi connectivity index (χ0n) is 13.8. The maximum absolute atomic E-state index is 13.2. The predicted molar refractivity (Wildman–Crippen MR) is 92.0 cm³/mol. The van der Waals surface area contributed by atoms with Crippen LogP contribution in [0.25, 0.3) is 0 Å². The first-order valence-corrected chi connectivity index (χ1v) is 8.03. The summed E-state index contributed by atoms with van der Waals surface area (Å²) in [7, 11) is 0. The highest BCUT2D eigenvalue weighted by Crippen LogP contribution is 2.08. The zero-order chi connectivity index (χ0) is 17.4. The molecule has 1 atom stereocenters. The number of urea groups is 1. The van der Waals surface area contributed by atoms with Gasteiger partial charge in [-0.3, -0.25) is 0 Å². The van der Waals surface area contributed by atoms with E-state index in [0.29, 0.717) is 13.0 Å². The molecule has 0 aliphatic rings. The topological polar surface area (TPSA) is 52.6 Å². The van der Waals surface area contributed by atoms with Crippen LogP contribution in [0, 0.1) is 5.82 Å². The molecule has 2 aromatic carbocycles. The number of amides is 2. The Morgan fingerprint density at radius 3 is 2.54 bits per heavy atom. The highest BCUT2D eigenvalue weighted by molar-refractivity contribution is 5.74. The number of hydrogen-bond acceptors (Lipinski definition) is 2. The summed E-state index contributed by atoms with van der Waals surface area (Å²) in [4.78, 5) is 14.0. The number of nitrogens with one attached hydrogen (secondary N) is 1. The van der Waals surface area contributed by atoms with Gasteiger partial charge in [0.1, 0.15) is 5.82 Å². The molecule has 0 saturated heterocycles. The van der Waals surface area contributed by atoms with Crippen molar-refractivity contribution in [3.05, 3.63) is 71.5 Å². The van der Waals surface area contributed by atoms with E-state index in [1.54, 1.807) is 11.0 Å². The molecule has 0 heterocycles. The van der Waals surface area contributed by atoms with Crippen molar-refractivity contribution in [2.45, 2.75) is 25.9 Å². The lowest BCUT2D eigenvalue weighted by Gasteiger charge is -2.25. The molecule has 2 rings (SSSR count). The fourth-order valence-electron chi connectivity index (χ4n) is 2.55. The third-order valence-electron chi connectivity index (χ3n) is 3.67. The smallest absolute Gasteiger partial charge is 0.317 e. The molecular formula is C19H23FN2O2. The van der Waals surface area contributed by atoms with Crippen molar-refractivity contribution < 1.29 is 14.3 Å². The van der Waals surface area contributed by atoms with Crippen LogP contribution in [0.4, 0.5) is 9.18 Å². The van der Waals surface area contributed by atoms with Gasteiger partial charge in [0.05, 0.1) is 6.61 Å². The molecule has 5 heteroatoms. The Balaban J connectivity index is 1.94. The van der Waals surface area contributed by atoms with E-state index in [1.807, 2.05) is 43.3 Å². The summed E-state index contributed by atoms with van der Waals surface area (Å²) in [5, 5.41) is 12.1. The summed E-state index contributed by atoms with van der Waals surface area (Å²) < 4.78 is 13.2. The third-order valence-corrected chi connectivity index (χ3v) is 3.67. The van der Waals surface area contributed by atoms with Crippen molar-refractivity contribution in [3.8, 4) is 0 Å². The van der Waals surface area contributed by atoms with Gasteiger partial charge in [-0.15, -0.1) is 0 Å². The van der Waals surface area contributed by atoms with Crippen LogP contribution in [-0.2, 0) is 13.0 Å². The number of hydrogen-bond donors (Lipinski definition) is 2. The zero-order valence-corrected chi connectivity index (χ0v) is 13.8. The van der Waals surface area contributed by atoms with Crippen molar-refractivity contribution >= 4 is 6.03 Å². The van der Waals surface area contributed by atoms with E-state index in [4.69, 9.17) is 0 Å². The van der Waals surface area contributed by atoms with Crippen LogP contribution in [0.15, 0.2) is 54.6 Å². The summed E-state index contributed by atoms with van der Waals surface area (Å²) in [6.45, 7) is 2.47. The van der Waals surface area contributed by atoms with Gasteiger partial charge in [0.2, 0.25) is 0 Å². The summed E-state index contributed by atoms with van der Waals surface area (Å²) in [6.07, 6.45) is 0.543. The van der Waals surface area contributed by atoms with E-state index in [1.165, 1.54) is 12.1 Å². The summed E-state index contributed by atoms with van der Waals surface area (Å²) in [5.41, 5.74) is 1.83. The highest BCUT2D eigenvalue weighted by atomic mass is 19.1. The molecule has 0 bridgehead atoms. The van der Waals surface area contributed by atoms with Crippen LogP contribution in [0.3, 0.4) is 0 Å². The van der Waals surface area contributed by atoms with Gasteiger partial charge >= 0.3 is 6.03 Å². The number of rotatable bonds is 7.